The third-order valence-electron chi connectivity index (χ3n) is 5.12. The Hall–Kier alpha value is -2.66. The molecule has 2 N–H and O–H groups in total. The number of hydrogen-bond donors (Lipinski definition) is 2. The monoisotopic (exact) mass is 456 g/mol. The number of alkyl halides is 3. The lowest BCUT2D eigenvalue weighted by molar-refractivity contribution is -0.147. The molecule has 2 aromatic carbocycles. The van der Waals surface area contributed by atoms with Crippen LogP contribution < -0.4 is 10.0 Å². The highest BCUT2D eigenvalue weighted by atomic mass is 32.2. The number of nitrogens with one attached hydrogen (secondary N) is 2. The summed E-state index contributed by atoms with van der Waals surface area (Å²) < 4.78 is 80.6. The molecule has 11 heteroatoms. The molecule has 0 saturated heterocycles. The summed E-state index contributed by atoms with van der Waals surface area (Å²) in [6, 6.07) is 6.46. The zero-order valence-electron chi connectivity index (χ0n) is 16.7. The molecule has 0 spiro atoms. The topological polar surface area (TPSA) is 76.0 Å². The Morgan fingerprint density at radius 1 is 1.16 bits per heavy atom. The molecule has 166 valence electrons. The fraction of sp³-hybridized carbons (Fsp3) is 0.350. The van der Waals surface area contributed by atoms with E-state index in [1.807, 2.05) is 0 Å². The van der Waals surface area contributed by atoms with Gasteiger partial charge in [0.15, 0.2) is 5.82 Å². The average Bonchev–Trinajstić information content (AvgIpc) is 3.46. The van der Waals surface area contributed by atoms with Gasteiger partial charge in [-0.25, -0.2) is 12.8 Å². The van der Waals surface area contributed by atoms with Crippen molar-refractivity contribution in [3.05, 3.63) is 47.8 Å². The van der Waals surface area contributed by atoms with E-state index in [0.717, 1.165) is 19.8 Å². The molecule has 3 aromatic rings. The fourth-order valence-electron chi connectivity index (χ4n) is 3.20. The number of aromatic nitrogens is 2. The van der Waals surface area contributed by atoms with Crippen molar-refractivity contribution in [2.75, 3.05) is 5.32 Å². The number of anilines is 2. The molecule has 0 aliphatic heterocycles. The lowest BCUT2D eigenvalue weighted by Crippen LogP contribution is -2.42. The third kappa shape index (κ3) is 4.38. The van der Waals surface area contributed by atoms with Crippen molar-refractivity contribution < 1.29 is 26.0 Å². The van der Waals surface area contributed by atoms with Gasteiger partial charge in [-0.1, -0.05) is 0 Å². The van der Waals surface area contributed by atoms with Crippen molar-refractivity contribution in [2.45, 2.75) is 49.8 Å². The zero-order chi connectivity index (χ0) is 22.6. The van der Waals surface area contributed by atoms with E-state index in [0.29, 0.717) is 28.0 Å². The standard InChI is InChI=1S/C20H20F4N4O2S/c1-11-9-13(3-7-17(11)21)25-19-16-10-15(31(29,30)27-12(2)20(22,23)24)6-8-18(16)28(26-19)14-4-5-14/h3,6-10,12,14,27H,4-5H2,1-2H3,(H,25,26). The highest BCUT2D eigenvalue weighted by Crippen LogP contribution is 2.39. The number of rotatable bonds is 6. The summed E-state index contributed by atoms with van der Waals surface area (Å²) in [6.45, 7) is 2.35. The van der Waals surface area contributed by atoms with E-state index in [-0.39, 0.29) is 16.8 Å². The Morgan fingerprint density at radius 2 is 1.87 bits per heavy atom. The molecular formula is C20H20F4N4O2S. The van der Waals surface area contributed by atoms with Crippen LogP contribution in [-0.2, 0) is 10.0 Å². The predicted molar refractivity (Wildman–Crippen MR) is 108 cm³/mol. The van der Waals surface area contributed by atoms with E-state index >= 15 is 0 Å². The van der Waals surface area contributed by atoms with Gasteiger partial charge in [-0.2, -0.15) is 23.0 Å². The van der Waals surface area contributed by atoms with Gasteiger partial charge in [0, 0.05) is 11.1 Å². The Balaban J connectivity index is 1.75. The van der Waals surface area contributed by atoms with Crippen molar-refractivity contribution in [3.8, 4) is 0 Å². The van der Waals surface area contributed by atoms with Crippen molar-refractivity contribution in [1.29, 1.82) is 0 Å². The minimum absolute atomic E-state index is 0.179. The molecule has 0 bridgehead atoms. The molecule has 1 unspecified atom stereocenters. The summed E-state index contributed by atoms with van der Waals surface area (Å²) in [5, 5.41) is 8.05. The summed E-state index contributed by atoms with van der Waals surface area (Å²) >= 11 is 0. The predicted octanol–water partition coefficient (Wildman–Crippen LogP) is 4.79. The van der Waals surface area contributed by atoms with Crippen LogP contribution in [-0.4, -0.2) is 30.4 Å². The summed E-state index contributed by atoms with van der Waals surface area (Å²) in [4.78, 5) is -0.301. The van der Waals surface area contributed by atoms with E-state index in [1.54, 1.807) is 22.4 Å². The van der Waals surface area contributed by atoms with Crippen LogP contribution in [0.3, 0.4) is 0 Å². The number of nitrogens with zero attached hydrogens (tertiary/aromatic N) is 2. The molecule has 4 rings (SSSR count). The molecule has 1 aliphatic carbocycles. The minimum atomic E-state index is -4.71. The SMILES string of the molecule is Cc1cc(Nc2nn(C3CC3)c3ccc(S(=O)(=O)NC(C)C(F)(F)F)cc23)ccc1F. The molecule has 0 radical (unpaired) electrons. The van der Waals surface area contributed by atoms with E-state index in [1.165, 1.54) is 30.3 Å². The number of halogens is 4. The van der Waals surface area contributed by atoms with Gasteiger partial charge >= 0.3 is 6.18 Å². The molecule has 1 heterocycles. The summed E-state index contributed by atoms with van der Waals surface area (Å²) in [5.41, 5.74) is 1.63. The summed E-state index contributed by atoms with van der Waals surface area (Å²) in [5.74, 6) is -0.0222. The van der Waals surface area contributed by atoms with Gasteiger partial charge < -0.3 is 5.32 Å². The Labute approximate surface area is 176 Å². The second kappa shape index (κ2) is 7.49. The first-order valence-electron chi connectivity index (χ1n) is 9.60. The zero-order valence-corrected chi connectivity index (χ0v) is 17.5. The van der Waals surface area contributed by atoms with Gasteiger partial charge in [-0.05, 0) is 68.7 Å². The molecule has 1 aromatic heterocycles. The second-order valence-corrected chi connectivity index (χ2v) is 9.39. The number of aryl methyl sites for hydroxylation is 1. The van der Waals surface area contributed by atoms with Crippen LogP contribution >= 0.6 is 0 Å². The van der Waals surface area contributed by atoms with E-state index in [9.17, 15) is 26.0 Å². The summed E-state index contributed by atoms with van der Waals surface area (Å²) in [7, 11) is -4.42. The van der Waals surface area contributed by atoms with Crippen LogP contribution in [0.1, 0.15) is 31.4 Å². The molecule has 1 aliphatic rings. The number of sulfonamides is 1. The largest absolute Gasteiger partial charge is 0.404 e. The number of hydrogen-bond acceptors (Lipinski definition) is 4. The molecule has 0 amide bonds. The van der Waals surface area contributed by atoms with Crippen LogP contribution in [0.4, 0.5) is 29.1 Å². The molecule has 1 fully saturated rings. The van der Waals surface area contributed by atoms with Crippen LogP contribution in [0.15, 0.2) is 41.3 Å². The van der Waals surface area contributed by atoms with Gasteiger partial charge in [0.05, 0.1) is 16.5 Å². The second-order valence-electron chi connectivity index (χ2n) is 7.68. The summed E-state index contributed by atoms with van der Waals surface area (Å²) in [6.07, 6.45) is -2.85. The smallest absolute Gasteiger partial charge is 0.338 e. The quantitative estimate of drug-likeness (QED) is 0.523. The molecule has 6 nitrogen and oxygen atoms in total. The number of benzene rings is 2. The molecular weight excluding hydrogens is 436 g/mol. The highest BCUT2D eigenvalue weighted by molar-refractivity contribution is 7.89. The van der Waals surface area contributed by atoms with Gasteiger partial charge in [0.1, 0.15) is 11.9 Å². The Bertz CT molecular complexity index is 1250. The fourth-order valence-corrected chi connectivity index (χ4v) is 4.46. The lowest BCUT2D eigenvalue weighted by Gasteiger charge is -2.17. The van der Waals surface area contributed by atoms with Crippen molar-refractivity contribution in [2.24, 2.45) is 0 Å². The average molecular weight is 456 g/mol. The van der Waals surface area contributed by atoms with Crippen LogP contribution in [0, 0.1) is 12.7 Å². The Morgan fingerprint density at radius 3 is 2.48 bits per heavy atom. The van der Waals surface area contributed by atoms with Gasteiger partial charge in [-0.15, -0.1) is 0 Å². The van der Waals surface area contributed by atoms with Gasteiger partial charge in [0.25, 0.3) is 0 Å². The first kappa shape index (κ1) is 21.6. The normalized spacial score (nSPS) is 15.9. The first-order chi connectivity index (χ1) is 14.5. The number of fused-ring (bicyclic) bond motifs is 1. The van der Waals surface area contributed by atoms with Crippen LogP contribution in [0.2, 0.25) is 0 Å². The minimum Gasteiger partial charge on any atom is -0.338 e. The van der Waals surface area contributed by atoms with Crippen molar-refractivity contribution in [3.63, 3.8) is 0 Å². The van der Waals surface area contributed by atoms with Gasteiger partial charge in [0.2, 0.25) is 10.0 Å². The van der Waals surface area contributed by atoms with E-state index < -0.39 is 22.2 Å². The maximum Gasteiger partial charge on any atom is 0.404 e. The van der Waals surface area contributed by atoms with Crippen LogP contribution in [0.25, 0.3) is 10.9 Å². The van der Waals surface area contributed by atoms with Gasteiger partial charge in [-0.3, -0.25) is 4.68 Å². The van der Waals surface area contributed by atoms with Crippen molar-refractivity contribution >= 4 is 32.4 Å². The third-order valence-corrected chi connectivity index (χ3v) is 6.66. The maximum atomic E-state index is 13.6. The van der Waals surface area contributed by atoms with E-state index in [2.05, 4.69) is 10.4 Å². The molecule has 1 saturated carbocycles. The van der Waals surface area contributed by atoms with Crippen LogP contribution in [0.5, 0.6) is 0 Å². The van der Waals surface area contributed by atoms with Crippen molar-refractivity contribution in [1.82, 2.24) is 14.5 Å². The highest BCUT2D eigenvalue weighted by Gasteiger charge is 2.39. The maximum absolute atomic E-state index is 13.6. The van der Waals surface area contributed by atoms with E-state index in [4.69, 9.17) is 0 Å². The lowest BCUT2D eigenvalue weighted by atomic mass is 10.2. The molecule has 1 atom stereocenters. The Kier molecular flexibility index (Phi) is 5.21. The molecule has 31 heavy (non-hydrogen) atoms. The first-order valence-corrected chi connectivity index (χ1v) is 11.1.